The Labute approximate surface area is 195 Å². The van der Waals surface area contributed by atoms with Crippen molar-refractivity contribution < 1.29 is 19.1 Å². The number of nitrogens with one attached hydrogen (secondary N) is 1. The van der Waals surface area contributed by atoms with Gasteiger partial charge < -0.3 is 9.47 Å². The summed E-state index contributed by atoms with van der Waals surface area (Å²) < 4.78 is 10.7. The first kappa shape index (κ1) is 28.2. The van der Waals surface area contributed by atoms with E-state index in [1.54, 1.807) is 0 Å². The van der Waals surface area contributed by atoms with Crippen molar-refractivity contribution in [2.45, 2.75) is 99.3 Å². The Kier molecular flexibility index (Phi) is 14.0. The molecule has 0 aromatic carbocycles. The van der Waals surface area contributed by atoms with Gasteiger partial charge in [0.25, 0.3) is 0 Å². The van der Waals surface area contributed by atoms with Gasteiger partial charge in [-0.1, -0.05) is 47.6 Å². The van der Waals surface area contributed by atoms with Crippen LogP contribution in [0.4, 0.5) is 0 Å². The summed E-state index contributed by atoms with van der Waals surface area (Å²) in [7, 11) is 0. The number of hydrogen-bond acceptors (Lipinski definition) is 6. The van der Waals surface area contributed by atoms with Crippen molar-refractivity contribution in [3.05, 3.63) is 11.8 Å². The molecule has 1 aliphatic heterocycles. The molecule has 6 heteroatoms. The summed E-state index contributed by atoms with van der Waals surface area (Å²) in [6.07, 6.45) is 8.83. The summed E-state index contributed by atoms with van der Waals surface area (Å²) in [6.45, 7) is 14.0. The van der Waals surface area contributed by atoms with Gasteiger partial charge in [0.15, 0.2) is 0 Å². The van der Waals surface area contributed by atoms with Crippen LogP contribution in [0.2, 0.25) is 0 Å². The van der Waals surface area contributed by atoms with E-state index in [9.17, 15) is 9.59 Å². The van der Waals surface area contributed by atoms with Crippen molar-refractivity contribution in [2.75, 3.05) is 13.2 Å². The average Bonchev–Trinajstić information content (AvgIpc) is 2.72. The molecule has 0 unspecified atom stereocenters. The largest absolute Gasteiger partial charge is 0.466 e. The lowest BCUT2D eigenvalue weighted by atomic mass is 9.96. The molecule has 32 heavy (non-hydrogen) atoms. The number of esters is 2. The molecule has 0 fully saturated rings. The van der Waals surface area contributed by atoms with Crippen LogP contribution >= 0.6 is 0 Å². The van der Waals surface area contributed by atoms with Gasteiger partial charge >= 0.3 is 11.9 Å². The maximum atomic E-state index is 11.9. The fourth-order valence-corrected chi connectivity index (χ4v) is 3.44. The highest BCUT2D eigenvalue weighted by Crippen LogP contribution is 2.17. The fraction of sp³-hybridized carbons (Fsp3) is 0.808. The van der Waals surface area contributed by atoms with E-state index < -0.39 is 0 Å². The second-order valence-corrected chi connectivity index (χ2v) is 9.89. The topological polar surface area (TPSA) is 77.0 Å². The van der Waals surface area contributed by atoms with Gasteiger partial charge in [-0.2, -0.15) is 5.10 Å². The molecule has 1 rings (SSSR count). The fourth-order valence-electron chi connectivity index (χ4n) is 3.44. The first-order chi connectivity index (χ1) is 15.2. The minimum Gasteiger partial charge on any atom is -0.466 e. The summed E-state index contributed by atoms with van der Waals surface area (Å²) in [5.41, 5.74) is 5.63. The summed E-state index contributed by atoms with van der Waals surface area (Å²) in [6, 6.07) is 0. The maximum absolute atomic E-state index is 11.9. The molecule has 0 aromatic rings. The number of carbonyl (C=O) groups excluding carboxylic acids is 2. The molecule has 2 atom stereocenters. The Morgan fingerprint density at radius 3 is 1.94 bits per heavy atom. The highest BCUT2D eigenvalue weighted by atomic mass is 16.5. The molecule has 1 heterocycles. The van der Waals surface area contributed by atoms with Crippen LogP contribution in [0.25, 0.3) is 0 Å². The smallest absolute Gasteiger partial charge is 0.305 e. The molecule has 0 saturated carbocycles. The lowest BCUT2D eigenvalue weighted by Crippen LogP contribution is -2.19. The summed E-state index contributed by atoms with van der Waals surface area (Å²) >= 11 is 0. The van der Waals surface area contributed by atoms with E-state index in [-0.39, 0.29) is 11.9 Å². The molecule has 0 amide bonds. The van der Waals surface area contributed by atoms with E-state index in [2.05, 4.69) is 53.0 Å². The third-order valence-corrected chi connectivity index (χ3v) is 6.01. The molecule has 0 bridgehead atoms. The van der Waals surface area contributed by atoms with Crippen LogP contribution < -0.4 is 5.43 Å². The molecular formula is C26H46N2O4. The third-order valence-electron chi connectivity index (χ3n) is 6.01. The van der Waals surface area contributed by atoms with Crippen molar-refractivity contribution in [1.29, 1.82) is 0 Å². The van der Waals surface area contributed by atoms with Gasteiger partial charge in [0.1, 0.15) is 0 Å². The van der Waals surface area contributed by atoms with Crippen molar-refractivity contribution in [2.24, 2.45) is 28.8 Å². The van der Waals surface area contributed by atoms with E-state index >= 15 is 0 Å². The normalized spacial score (nSPS) is 27.6. The minimum absolute atomic E-state index is 0.178. The number of cyclic esters (lactones) is 2. The van der Waals surface area contributed by atoms with E-state index in [0.29, 0.717) is 62.6 Å². The predicted molar refractivity (Wildman–Crippen MR) is 130 cm³/mol. The number of carbonyl (C=O) groups is 2. The number of hydrogen-bond donors (Lipinski definition) is 1. The number of hydrazone groups is 1. The zero-order valence-corrected chi connectivity index (χ0v) is 21.2. The standard InChI is InChI=1S/C26H46N2O4/c1-19(2)23-13-11-21(5)15-17-31-25(29)9-7-8-10-26(30)32-18-16-22(6)12-14-24(20(3)4)28-27-23/h13,19-22,27H,7-12,14-18H2,1-6H3/b23-13-,28-24+/t21-,22-/m1/s1. The number of nitrogens with zero attached hydrogens (tertiary/aromatic N) is 1. The molecule has 0 aliphatic carbocycles. The molecule has 184 valence electrons. The summed E-state index contributed by atoms with van der Waals surface area (Å²) in [5.74, 6) is 1.25. The monoisotopic (exact) mass is 450 g/mol. The van der Waals surface area contributed by atoms with Crippen LogP contribution in [0, 0.1) is 23.7 Å². The maximum Gasteiger partial charge on any atom is 0.305 e. The van der Waals surface area contributed by atoms with E-state index in [4.69, 9.17) is 14.6 Å². The SMILES string of the molecule is CC(C)/C1=C/C[C@@H](C)CCOC(=O)CCCCC(=O)OCC[C@H](C)CC/C(C(C)C)=N\N1. The lowest BCUT2D eigenvalue weighted by Gasteiger charge is -2.18. The first-order valence-electron chi connectivity index (χ1n) is 12.5. The Balaban J connectivity index is 2.82. The number of rotatable bonds is 2. The number of allylic oxidation sites excluding steroid dienone is 2. The van der Waals surface area contributed by atoms with Gasteiger partial charge in [-0.05, 0) is 68.6 Å². The van der Waals surface area contributed by atoms with E-state index in [1.165, 1.54) is 5.71 Å². The molecule has 1 aliphatic rings. The molecular weight excluding hydrogens is 404 g/mol. The summed E-state index contributed by atoms with van der Waals surface area (Å²) in [5, 5.41) is 4.76. The Morgan fingerprint density at radius 2 is 1.41 bits per heavy atom. The highest BCUT2D eigenvalue weighted by Gasteiger charge is 2.13. The van der Waals surface area contributed by atoms with Crippen molar-refractivity contribution in [3.8, 4) is 0 Å². The van der Waals surface area contributed by atoms with Crippen LogP contribution in [0.5, 0.6) is 0 Å². The van der Waals surface area contributed by atoms with Crippen LogP contribution in [-0.4, -0.2) is 30.9 Å². The van der Waals surface area contributed by atoms with Crippen molar-refractivity contribution >= 4 is 17.7 Å². The molecule has 0 aromatic heterocycles. The van der Waals surface area contributed by atoms with Gasteiger partial charge in [0, 0.05) is 24.3 Å². The van der Waals surface area contributed by atoms with Gasteiger partial charge in [-0.3, -0.25) is 15.0 Å². The lowest BCUT2D eigenvalue weighted by molar-refractivity contribution is -0.146. The van der Waals surface area contributed by atoms with Crippen LogP contribution in [0.15, 0.2) is 16.9 Å². The van der Waals surface area contributed by atoms with Crippen molar-refractivity contribution in [1.82, 2.24) is 5.43 Å². The Bertz CT molecular complexity index is 625. The van der Waals surface area contributed by atoms with Crippen LogP contribution in [0.3, 0.4) is 0 Å². The van der Waals surface area contributed by atoms with Crippen molar-refractivity contribution in [3.63, 3.8) is 0 Å². The van der Waals surface area contributed by atoms with Gasteiger partial charge in [-0.15, -0.1) is 0 Å². The zero-order valence-electron chi connectivity index (χ0n) is 21.2. The molecule has 6 nitrogen and oxygen atoms in total. The second kappa shape index (κ2) is 15.9. The van der Waals surface area contributed by atoms with E-state index in [0.717, 1.165) is 37.8 Å². The van der Waals surface area contributed by atoms with Gasteiger partial charge in [0.05, 0.1) is 13.2 Å². The van der Waals surface area contributed by atoms with Crippen LogP contribution in [0.1, 0.15) is 99.3 Å². The Hall–Kier alpha value is -1.85. The highest BCUT2D eigenvalue weighted by molar-refractivity contribution is 5.86. The third kappa shape index (κ3) is 12.9. The minimum atomic E-state index is -0.183. The quantitative estimate of drug-likeness (QED) is 0.521. The molecule has 0 spiro atoms. The zero-order chi connectivity index (χ0) is 23.9. The predicted octanol–water partition coefficient (Wildman–Crippen LogP) is 6.01. The number of ether oxygens (including phenoxy) is 2. The molecule has 1 N–H and O–H groups in total. The van der Waals surface area contributed by atoms with E-state index in [1.807, 2.05) is 0 Å². The van der Waals surface area contributed by atoms with Gasteiger partial charge in [-0.25, -0.2) is 0 Å². The second-order valence-electron chi connectivity index (χ2n) is 9.89. The Morgan fingerprint density at radius 1 is 0.844 bits per heavy atom. The van der Waals surface area contributed by atoms with Crippen LogP contribution in [-0.2, 0) is 19.1 Å². The average molecular weight is 451 g/mol. The van der Waals surface area contributed by atoms with Gasteiger partial charge in [0.2, 0.25) is 0 Å². The molecule has 0 saturated heterocycles. The molecule has 0 radical (unpaired) electrons. The first-order valence-corrected chi connectivity index (χ1v) is 12.5. The summed E-state index contributed by atoms with van der Waals surface area (Å²) in [4.78, 5) is 23.8.